The summed E-state index contributed by atoms with van der Waals surface area (Å²) in [4.78, 5) is 25.0. The van der Waals surface area contributed by atoms with Crippen LogP contribution in [0.1, 0.15) is 60.7 Å². The number of hydrogen-bond acceptors (Lipinski definition) is 6. The Hall–Kier alpha value is -3.79. The Morgan fingerprint density at radius 3 is 2.74 bits per heavy atom. The fourth-order valence-corrected chi connectivity index (χ4v) is 6.08. The number of rotatable bonds is 3. The van der Waals surface area contributed by atoms with Gasteiger partial charge in [0, 0.05) is 12.7 Å². The zero-order valence-corrected chi connectivity index (χ0v) is 19.2. The first kappa shape index (κ1) is 19.7. The van der Waals surface area contributed by atoms with Crippen LogP contribution in [0.4, 0.5) is 11.5 Å². The summed E-state index contributed by atoms with van der Waals surface area (Å²) >= 11 is 0. The normalized spacial score (nSPS) is 19.5. The maximum absolute atomic E-state index is 9.30. The number of aryl methyl sites for hydroxylation is 2. The first-order valence-corrected chi connectivity index (χ1v) is 12.1. The van der Waals surface area contributed by atoms with E-state index in [0.29, 0.717) is 11.0 Å². The van der Waals surface area contributed by atoms with Gasteiger partial charge in [-0.15, -0.1) is 0 Å². The molecule has 34 heavy (non-hydrogen) atoms. The molecule has 3 aliphatic rings. The molecule has 2 saturated carbocycles. The monoisotopic (exact) mass is 447 g/mol. The lowest BCUT2D eigenvalue weighted by Crippen LogP contribution is -2.45. The second-order valence-electron chi connectivity index (χ2n) is 10.2. The van der Waals surface area contributed by atoms with Crippen LogP contribution >= 0.6 is 0 Å². The Balaban J connectivity index is 1.31. The minimum absolute atomic E-state index is 0.189. The molecule has 0 atom stereocenters. The second kappa shape index (κ2) is 6.86. The van der Waals surface area contributed by atoms with Crippen LogP contribution in [0.3, 0.4) is 0 Å². The van der Waals surface area contributed by atoms with E-state index in [9.17, 15) is 5.26 Å². The molecular formula is C27H25N7. The Labute approximate surface area is 197 Å². The molecule has 1 N–H and O–H groups in total. The van der Waals surface area contributed by atoms with Crippen LogP contribution in [-0.4, -0.2) is 31.5 Å². The van der Waals surface area contributed by atoms with Gasteiger partial charge >= 0.3 is 0 Å². The van der Waals surface area contributed by atoms with Gasteiger partial charge in [-0.2, -0.15) is 5.26 Å². The van der Waals surface area contributed by atoms with Crippen molar-refractivity contribution in [2.75, 3.05) is 11.4 Å². The molecule has 3 aromatic heterocycles. The molecule has 168 valence electrons. The van der Waals surface area contributed by atoms with E-state index in [1.165, 1.54) is 12.8 Å². The van der Waals surface area contributed by atoms with Gasteiger partial charge in [0.1, 0.15) is 17.5 Å². The highest BCUT2D eigenvalue weighted by Crippen LogP contribution is 2.70. The van der Waals surface area contributed by atoms with Gasteiger partial charge < -0.3 is 9.88 Å². The molecule has 4 heterocycles. The van der Waals surface area contributed by atoms with E-state index in [1.54, 1.807) is 0 Å². The molecule has 0 bridgehead atoms. The van der Waals surface area contributed by atoms with Gasteiger partial charge in [-0.1, -0.05) is 0 Å². The summed E-state index contributed by atoms with van der Waals surface area (Å²) in [5.74, 6) is 2.70. The van der Waals surface area contributed by atoms with Crippen LogP contribution in [0.2, 0.25) is 0 Å². The van der Waals surface area contributed by atoms with Gasteiger partial charge in [-0.05, 0) is 87.3 Å². The maximum atomic E-state index is 9.30. The predicted octanol–water partition coefficient (Wildman–Crippen LogP) is 4.87. The Morgan fingerprint density at radius 1 is 1.06 bits per heavy atom. The molecule has 7 heteroatoms. The number of nitriles is 1. The highest BCUT2D eigenvalue weighted by atomic mass is 15.2. The third-order valence-corrected chi connectivity index (χ3v) is 7.94. The van der Waals surface area contributed by atoms with Crippen LogP contribution in [0.25, 0.3) is 11.0 Å². The molecule has 1 aliphatic heterocycles. The van der Waals surface area contributed by atoms with Crippen molar-refractivity contribution in [1.82, 2.24) is 24.9 Å². The van der Waals surface area contributed by atoms with Gasteiger partial charge in [-0.25, -0.2) is 15.0 Å². The smallest absolute Gasteiger partial charge is 0.136 e. The number of imidazole rings is 1. The fourth-order valence-electron chi connectivity index (χ4n) is 6.08. The number of nitrogens with one attached hydrogen (secondary N) is 1. The third-order valence-electron chi connectivity index (χ3n) is 7.94. The molecular weight excluding hydrogens is 422 g/mol. The number of nitrogens with zero attached hydrogens (tertiary/aromatic N) is 6. The van der Waals surface area contributed by atoms with Gasteiger partial charge in [0.05, 0.1) is 45.2 Å². The Morgan fingerprint density at radius 2 is 1.94 bits per heavy atom. The lowest BCUT2D eigenvalue weighted by Gasteiger charge is -2.47. The minimum Gasteiger partial charge on any atom is -0.341 e. The molecule has 0 radical (unpaired) electrons. The summed E-state index contributed by atoms with van der Waals surface area (Å²) in [7, 11) is 0. The molecule has 1 spiro atoms. The number of aromatic nitrogens is 5. The summed E-state index contributed by atoms with van der Waals surface area (Å²) in [5.41, 5.74) is 6.16. The average Bonchev–Trinajstić information content (AvgIpc) is 3.52. The maximum Gasteiger partial charge on any atom is 0.136 e. The van der Waals surface area contributed by atoms with Crippen molar-refractivity contribution in [3.63, 3.8) is 0 Å². The number of aromatic amines is 1. The lowest BCUT2D eigenvalue weighted by atomic mass is 9.57. The summed E-state index contributed by atoms with van der Waals surface area (Å²) in [6, 6.07) is 14.3. The minimum atomic E-state index is -0.189. The fraction of sp³-hybridized carbons (Fsp3) is 0.370. The van der Waals surface area contributed by atoms with Gasteiger partial charge in [0.2, 0.25) is 0 Å². The van der Waals surface area contributed by atoms with Crippen molar-refractivity contribution in [2.24, 2.45) is 5.41 Å². The van der Waals surface area contributed by atoms with Crippen LogP contribution in [0.5, 0.6) is 0 Å². The van der Waals surface area contributed by atoms with E-state index in [4.69, 9.17) is 9.97 Å². The van der Waals surface area contributed by atoms with Gasteiger partial charge in [0.25, 0.3) is 0 Å². The predicted molar refractivity (Wildman–Crippen MR) is 129 cm³/mol. The third kappa shape index (κ3) is 2.88. The van der Waals surface area contributed by atoms with E-state index < -0.39 is 0 Å². The van der Waals surface area contributed by atoms with Crippen molar-refractivity contribution in [1.29, 1.82) is 5.26 Å². The molecule has 7 rings (SSSR count). The summed E-state index contributed by atoms with van der Waals surface area (Å²) in [5, 5.41) is 9.30. The van der Waals surface area contributed by atoms with Crippen LogP contribution < -0.4 is 4.90 Å². The summed E-state index contributed by atoms with van der Waals surface area (Å²) in [6.07, 6.45) is 8.63. The van der Waals surface area contributed by atoms with Crippen molar-refractivity contribution in [3.05, 3.63) is 71.2 Å². The second-order valence-corrected chi connectivity index (χ2v) is 10.2. The number of fused-ring (bicyclic) bond motifs is 2. The molecule has 0 unspecified atom stereocenters. The zero-order chi connectivity index (χ0) is 22.9. The molecule has 0 amide bonds. The van der Waals surface area contributed by atoms with Gasteiger partial charge in [0.15, 0.2) is 0 Å². The molecule has 1 aromatic carbocycles. The number of anilines is 2. The quantitative estimate of drug-likeness (QED) is 0.481. The van der Waals surface area contributed by atoms with Crippen LogP contribution in [-0.2, 0) is 11.8 Å². The summed E-state index contributed by atoms with van der Waals surface area (Å²) < 4.78 is 0. The van der Waals surface area contributed by atoms with Crippen molar-refractivity contribution >= 4 is 22.5 Å². The number of hydrogen-bond donors (Lipinski definition) is 1. The molecule has 2 fully saturated rings. The van der Waals surface area contributed by atoms with E-state index in [0.717, 1.165) is 77.8 Å². The largest absolute Gasteiger partial charge is 0.341 e. The number of pyridine rings is 1. The standard InChI is InChI=1S/C27H25N7/c1-17-29-11-8-24(30-17)34-12-2-3-20-22(34)6-7-23(31-20)27(15-26(16-27)9-10-26)25-32-19-5-4-18(14-28)13-21(19)33-25/h4-8,11,13H,2-3,9-10,12,15-16H2,1H3,(H,32,33). The first-order chi connectivity index (χ1) is 16.6. The molecule has 2 aliphatic carbocycles. The molecule has 0 saturated heterocycles. The van der Waals surface area contributed by atoms with E-state index in [1.807, 2.05) is 37.4 Å². The number of benzene rings is 1. The van der Waals surface area contributed by atoms with E-state index in [-0.39, 0.29) is 5.41 Å². The van der Waals surface area contributed by atoms with Crippen molar-refractivity contribution in [3.8, 4) is 6.07 Å². The molecule has 7 nitrogen and oxygen atoms in total. The average molecular weight is 448 g/mol. The van der Waals surface area contributed by atoms with Crippen LogP contribution in [0.15, 0.2) is 42.6 Å². The lowest BCUT2D eigenvalue weighted by molar-refractivity contribution is 0.145. The first-order valence-electron chi connectivity index (χ1n) is 12.1. The van der Waals surface area contributed by atoms with Crippen molar-refractivity contribution in [2.45, 2.75) is 50.9 Å². The SMILES string of the molecule is Cc1nccc(N2CCCc3nc(C4(c5nc6ccc(C#N)cc6[nH]5)CC5(CC5)C4)ccc32)n1. The van der Waals surface area contributed by atoms with E-state index in [2.05, 4.69) is 38.1 Å². The van der Waals surface area contributed by atoms with Crippen molar-refractivity contribution < 1.29 is 0 Å². The highest BCUT2D eigenvalue weighted by Gasteiger charge is 2.64. The zero-order valence-electron chi connectivity index (χ0n) is 19.2. The summed E-state index contributed by atoms with van der Waals surface area (Å²) in [6.45, 7) is 2.86. The highest BCUT2D eigenvalue weighted by molar-refractivity contribution is 5.77. The van der Waals surface area contributed by atoms with E-state index >= 15 is 0 Å². The Bertz CT molecular complexity index is 1480. The van der Waals surface area contributed by atoms with Crippen LogP contribution in [0, 0.1) is 23.7 Å². The molecule has 4 aromatic rings. The number of H-pyrrole nitrogens is 1. The topological polar surface area (TPSA) is 94.4 Å². The van der Waals surface area contributed by atoms with Gasteiger partial charge in [-0.3, -0.25) is 4.98 Å². The Kier molecular flexibility index (Phi) is 3.97.